The summed E-state index contributed by atoms with van der Waals surface area (Å²) in [7, 11) is 0. The molecule has 100 valence electrons. The Labute approximate surface area is 115 Å². The molecular weight excluding hydrogens is 246 g/mol. The Morgan fingerprint density at radius 1 is 1.39 bits per heavy atom. The molecule has 1 aliphatic rings. The number of hydrogen-bond acceptors (Lipinski definition) is 2. The minimum atomic E-state index is 0.478. The topological polar surface area (TPSA) is 21.3 Å². The maximum Gasteiger partial charge on any atom is 0.0480 e. The lowest BCUT2D eigenvalue weighted by atomic mass is 10.0. The molecule has 0 spiro atoms. The van der Waals surface area contributed by atoms with Crippen LogP contribution in [0.3, 0.4) is 0 Å². The first-order chi connectivity index (χ1) is 8.74. The Kier molecular flexibility index (Phi) is 5.48. The Morgan fingerprint density at radius 3 is 3.11 bits per heavy atom. The van der Waals surface area contributed by atoms with Gasteiger partial charge >= 0.3 is 0 Å². The van der Waals surface area contributed by atoms with Crippen molar-refractivity contribution < 1.29 is 4.74 Å². The molecule has 2 rings (SSSR count). The van der Waals surface area contributed by atoms with Crippen LogP contribution in [0.15, 0.2) is 24.3 Å². The number of ether oxygens (including phenoxy) is 1. The summed E-state index contributed by atoms with van der Waals surface area (Å²) in [6.07, 6.45) is 4.54. The fraction of sp³-hybridized carbons (Fsp3) is 0.600. The van der Waals surface area contributed by atoms with E-state index in [1.54, 1.807) is 0 Å². The van der Waals surface area contributed by atoms with Crippen molar-refractivity contribution in [2.75, 3.05) is 13.2 Å². The largest absolute Gasteiger partial charge is 0.381 e. The molecule has 1 aromatic carbocycles. The molecule has 2 nitrogen and oxygen atoms in total. The number of rotatable bonds is 4. The maximum atomic E-state index is 6.00. The van der Waals surface area contributed by atoms with Crippen molar-refractivity contribution in [2.24, 2.45) is 0 Å². The van der Waals surface area contributed by atoms with E-state index in [4.69, 9.17) is 16.3 Å². The molecule has 3 heteroatoms. The average molecular weight is 268 g/mol. The van der Waals surface area contributed by atoms with E-state index in [2.05, 4.69) is 24.4 Å². The molecular formula is C15H22ClNO. The summed E-state index contributed by atoms with van der Waals surface area (Å²) in [6.45, 7) is 4.05. The molecule has 18 heavy (non-hydrogen) atoms. The molecule has 0 saturated carbocycles. The standard InChI is InChI=1S/C15H22ClNO/c1-12(10-13-4-2-5-14(16)11-13)17-15-6-3-8-18-9-7-15/h2,4-5,11-12,15,17H,3,6-10H2,1H3. The normalized spacial score (nSPS) is 22.4. The van der Waals surface area contributed by atoms with Crippen LogP contribution in [0.1, 0.15) is 31.7 Å². The van der Waals surface area contributed by atoms with E-state index in [1.807, 2.05) is 12.1 Å². The van der Waals surface area contributed by atoms with E-state index in [1.165, 1.54) is 18.4 Å². The first kappa shape index (κ1) is 13.9. The molecule has 0 bridgehead atoms. The van der Waals surface area contributed by atoms with Gasteiger partial charge in [-0.1, -0.05) is 23.7 Å². The number of hydrogen-bond donors (Lipinski definition) is 1. The van der Waals surface area contributed by atoms with Crippen molar-refractivity contribution in [2.45, 2.75) is 44.7 Å². The predicted molar refractivity (Wildman–Crippen MR) is 76.2 cm³/mol. The van der Waals surface area contributed by atoms with E-state index < -0.39 is 0 Å². The molecule has 0 radical (unpaired) electrons. The quantitative estimate of drug-likeness (QED) is 0.903. The van der Waals surface area contributed by atoms with Crippen LogP contribution < -0.4 is 5.32 Å². The fourth-order valence-corrected chi connectivity index (χ4v) is 2.76. The maximum absolute atomic E-state index is 6.00. The molecule has 1 aliphatic heterocycles. The van der Waals surface area contributed by atoms with E-state index in [0.29, 0.717) is 12.1 Å². The summed E-state index contributed by atoms with van der Waals surface area (Å²) >= 11 is 6.00. The van der Waals surface area contributed by atoms with Gasteiger partial charge in [0, 0.05) is 30.3 Å². The molecule has 2 unspecified atom stereocenters. The van der Waals surface area contributed by atoms with Crippen LogP contribution in [-0.4, -0.2) is 25.3 Å². The Bertz CT molecular complexity index is 361. The zero-order chi connectivity index (χ0) is 12.8. The molecule has 0 aliphatic carbocycles. The molecule has 2 atom stereocenters. The van der Waals surface area contributed by atoms with E-state index in [9.17, 15) is 0 Å². The molecule has 0 aromatic heterocycles. The van der Waals surface area contributed by atoms with Crippen LogP contribution in [-0.2, 0) is 11.2 Å². The third-order valence-corrected chi connectivity index (χ3v) is 3.64. The SMILES string of the molecule is CC(Cc1cccc(Cl)c1)NC1CCCOCC1. The van der Waals surface area contributed by atoms with Crippen LogP contribution in [0.2, 0.25) is 5.02 Å². The van der Waals surface area contributed by atoms with Gasteiger partial charge in [0.1, 0.15) is 0 Å². The minimum absolute atomic E-state index is 0.478. The Morgan fingerprint density at radius 2 is 2.28 bits per heavy atom. The monoisotopic (exact) mass is 267 g/mol. The predicted octanol–water partition coefficient (Wildman–Crippen LogP) is 3.43. The summed E-state index contributed by atoms with van der Waals surface area (Å²) in [4.78, 5) is 0. The molecule has 0 amide bonds. The van der Waals surface area contributed by atoms with Crippen LogP contribution in [0.5, 0.6) is 0 Å². The lowest BCUT2D eigenvalue weighted by Gasteiger charge is -2.21. The lowest BCUT2D eigenvalue weighted by Crippen LogP contribution is -2.37. The third kappa shape index (κ3) is 4.60. The van der Waals surface area contributed by atoms with Crippen molar-refractivity contribution >= 4 is 11.6 Å². The number of nitrogens with one attached hydrogen (secondary N) is 1. The Hall–Kier alpha value is -0.570. The molecule has 1 aromatic rings. The van der Waals surface area contributed by atoms with E-state index >= 15 is 0 Å². The van der Waals surface area contributed by atoms with Crippen LogP contribution in [0.25, 0.3) is 0 Å². The van der Waals surface area contributed by atoms with Gasteiger partial charge in [0.05, 0.1) is 0 Å². The fourth-order valence-electron chi connectivity index (χ4n) is 2.55. The second kappa shape index (κ2) is 7.13. The van der Waals surface area contributed by atoms with Gasteiger partial charge in [-0.3, -0.25) is 0 Å². The van der Waals surface area contributed by atoms with E-state index in [-0.39, 0.29) is 0 Å². The van der Waals surface area contributed by atoms with Gasteiger partial charge in [-0.05, 0) is 50.3 Å². The molecule has 1 fully saturated rings. The third-order valence-electron chi connectivity index (χ3n) is 3.40. The smallest absolute Gasteiger partial charge is 0.0480 e. The highest BCUT2D eigenvalue weighted by Gasteiger charge is 2.14. The highest BCUT2D eigenvalue weighted by Crippen LogP contribution is 2.14. The summed E-state index contributed by atoms with van der Waals surface area (Å²) in [6, 6.07) is 9.21. The summed E-state index contributed by atoms with van der Waals surface area (Å²) in [5.74, 6) is 0. The highest BCUT2D eigenvalue weighted by atomic mass is 35.5. The van der Waals surface area contributed by atoms with Crippen molar-refractivity contribution in [1.29, 1.82) is 0 Å². The zero-order valence-corrected chi connectivity index (χ0v) is 11.7. The minimum Gasteiger partial charge on any atom is -0.381 e. The van der Waals surface area contributed by atoms with Crippen LogP contribution in [0.4, 0.5) is 0 Å². The van der Waals surface area contributed by atoms with Crippen molar-refractivity contribution in [1.82, 2.24) is 5.32 Å². The van der Waals surface area contributed by atoms with Gasteiger partial charge in [0.15, 0.2) is 0 Å². The molecule has 1 N–H and O–H groups in total. The summed E-state index contributed by atoms with van der Waals surface area (Å²) in [5, 5.41) is 4.53. The summed E-state index contributed by atoms with van der Waals surface area (Å²) in [5.41, 5.74) is 1.30. The lowest BCUT2D eigenvalue weighted by molar-refractivity contribution is 0.142. The van der Waals surface area contributed by atoms with Crippen LogP contribution >= 0.6 is 11.6 Å². The summed E-state index contributed by atoms with van der Waals surface area (Å²) < 4.78 is 5.48. The van der Waals surface area contributed by atoms with Gasteiger partial charge in [0.25, 0.3) is 0 Å². The van der Waals surface area contributed by atoms with Gasteiger partial charge in [-0.25, -0.2) is 0 Å². The van der Waals surface area contributed by atoms with Crippen molar-refractivity contribution in [3.05, 3.63) is 34.9 Å². The highest BCUT2D eigenvalue weighted by molar-refractivity contribution is 6.30. The molecule has 1 heterocycles. The second-order valence-electron chi connectivity index (χ2n) is 5.14. The first-order valence-corrected chi connectivity index (χ1v) is 7.20. The first-order valence-electron chi connectivity index (χ1n) is 6.82. The van der Waals surface area contributed by atoms with Gasteiger partial charge in [-0.2, -0.15) is 0 Å². The van der Waals surface area contributed by atoms with Crippen molar-refractivity contribution in [3.8, 4) is 0 Å². The zero-order valence-electron chi connectivity index (χ0n) is 11.0. The number of benzene rings is 1. The average Bonchev–Trinajstić information content (AvgIpc) is 2.57. The second-order valence-corrected chi connectivity index (χ2v) is 5.58. The van der Waals surface area contributed by atoms with Crippen LogP contribution in [0, 0.1) is 0 Å². The molecule has 1 saturated heterocycles. The van der Waals surface area contributed by atoms with Gasteiger partial charge in [0.2, 0.25) is 0 Å². The van der Waals surface area contributed by atoms with E-state index in [0.717, 1.165) is 31.1 Å². The van der Waals surface area contributed by atoms with Gasteiger partial charge < -0.3 is 10.1 Å². The Balaban J connectivity index is 1.82. The van der Waals surface area contributed by atoms with Crippen molar-refractivity contribution in [3.63, 3.8) is 0 Å². The number of halogens is 1. The van der Waals surface area contributed by atoms with Gasteiger partial charge in [-0.15, -0.1) is 0 Å².